The van der Waals surface area contributed by atoms with Crippen molar-refractivity contribution >= 4 is 11.0 Å². The molecule has 2 N–H and O–H groups in total. The Hall–Kier alpha value is -3.26. The summed E-state index contributed by atoms with van der Waals surface area (Å²) < 4.78 is 5.21. The highest BCUT2D eigenvalue weighted by molar-refractivity contribution is 5.90. The van der Waals surface area contributed by atoms with Gasteiger partial charge in [-0.2, -0.15) is 5.26 Å². The molecule has 102 valence electrons. The molecular weight excluding hydrogens is 270 g/mol. The molecule has 0 radical (unpaired) electrons. The number of benzene rings is 2. The van der Waals surface area contributed by atoms with Crippen LogP contribution in [-0.2, 0) is 0 Å². The number of fused-ring (bicyclic) bond motifs is 1. The molecule has 0 amide bonds. The Morgan fingerprint density at radius 2 is 1.81 bits per heavy atom. The molecule has 5 heteroatoms. The van der Waals surface area contributed by atoms with Crippen molar-refractivity contribution in [1.29, 1.82) is 5.26 Å². The standard InChI is InChI=1S/C16H9NO4/c17-8-11-10-3-1-2-4-14(10)21-16(20)15(11)9-5-6-12(18)13(19)7-9/h1-7,18-19H. The van der Waals surface area contributed by atoms with Gasteiger partial charge in [0.15, 0.2) is 11.5 Å². The predicted molar refractivity (Wildman–Crippen MR) is 76.0 cm³/mol. The maximum absolute atomic E-state index is 12.1. The van der Waals surface area contributed by atoms with E-state index >= 15 is 0 Å². The zero-order valence-electron chi connectivity index (χ0n) is 10.7. The molecule has 0 saturated heterocycles. The maximum atomic E-state index is 12.1. The molecule has 0 aliphatic carbocycles. The van der Waals surface area contributed by atoms with Crippen LogP contribution in [0.2, 0.25) is 0 Å². The third-order valence-electron chi connectivity index (χ3n) is 3.19. The van der Waals surface area contributed by atoms with Crippen LogP contribution in [0.25, 0.3) is 22.1 Å². The van der Waals surface area contributed by atoms with Gasteiger partial charge in [-0.25, -0.2) is 4.79 Å². The quantitative estimate of drug-likeness (QED) is 0.527. The lowest BCUT2D eigenvalue weighted by atomic mass is 9.99. The van der Waals surface area contributed by atoms with E-state index in [0.29, 0.717) is 16.5 Å². The smallest absolute Gasteiger partial charge is 0.345 e. The van der Waals surface area contributed by atoms with Crippen molar-refractivity contribution in [3.8, 4) is 28.7 Å². The first-order chi connectivity index (χ1) is 10.1. The van der Waals surface area contributed by atoms with E-state index in [1.54, 1.807) is 24.3 Å². The predicted octanol–water partition coefficient (Wildman–Crippen LogP) is 2.74. The first kappa shape index (κ1) is 12.8. The number of phenolic OH excluding ortho intramolecular Hbond substituents is 2. The maximum Gasteiger partial charge on any atom is 0.345 e. The minimum atomic E-state index is -0.671. The van der Waals surface area contributed by atoms with Crippen LogP contribution in [0.1, 0.15) is 5.56 Å². The Kier molecular flexibility index (Phi) is 2.85. The van der Waals surface area contributed by atoms with Gasteiger partial charge in [0, 0.05) is 5.39 Å². The lowest BCUT2D eigenvalue weighted by Crippen LogP contribution is -2.06. The van der Waals surface area contributed by atoms with Gasteiger partial charge < -0.3 is 14.6 Å². The fourth-order valence-electron chi connectivity index (χ4n) is 2.21. The summed E-state index contributed by atoms with van der Waals surface area (Å²) in [5, 5.41) is 28.8. The number of hydrogen-bond acceptors (Lipinski definition) is 5. The van der Waals surface area contributed by atoms with Crippen LogP contribution in [0.15, 0.2) is 51.7 Å². The average Bonchev–Trinajstić information content (AvgIpc) is 2.48. The summed E-state index contributed by atoms with van der Waals surface area (Å²) in [6.45, 7) is 0. The Balaban J connectivity index is 2.42. The molecule has 0 aliphatic heterocycles. The van der Waals surface area contributed by atoms with Crippen LogP contribution in [0.3, 0.4) is 0 Å². The van der Waals surface area contributed by atoms with Crippen molar-refractivity contribution in [3.05, 3.63) is 58.4 Å². The second kappa shape index (κ2) is 4.69. The number of aromatic hydroxyl groups is 2. The molecule has 1 heterocycles. The third kappa shape index (κ3) is 1.99. The van der Waals surface area contributed by atoms with E-state index in [0.717, 1.165) is 0 Å². The summed E-state index contributed by atoms with van der Waals surface area (Å²) in [4.78, 5) is 12.1. The number of nitriles is 1. The fourth-order valence-corrected chi connectivity index (χ4v) is 2.21. The first-order valence-electron chi connectivity index (χ1n) is 6.10. The third-order valence-corrected chi connectivity index (χ3v) is 3.19. The summed E-state index contributed by atoms with van der Waals surface area (Å²) in [7, 11) is 0. The fraction of sp³-hybridized carbons (Fsp3) is 0. The van der Waals surface area contributed by atoms with Crippen molar-refractivity contribution in [1.82, 2.24) is 0 Å². The normalized spacial score (nSPS) is 10.4. The topological polar surface area (TPSA) is 94.5 Å². The van der Waals surface area contributed by atoms with Crippen molar-refractivity contribution in [2.24, 2.45) is 0 Å². The molecule has 3 aromatic rings. The number of para-hydroxylation sites is 1. The molecule has 21 heavy (non-hydrogen) atoms. The molecule has 1 aromatic heterocycles. The molecular formula is C16H9NO4. The Labute approximate surface area is 118 Å². The van der Waals surface area contributed by atoms with E-state index in [1.165, 1.54) is 18.2 Å². The van der Waals surface area contributed by atoms with Crippen LogP contribution >= 0.6 is 0 Å². The Bertz CT molecular complexity index is 951. The zero-order valence-corrected chi connectivity index (χ0v) is 10.7. The number of phenols is 2. The largest absolute Gasteiger partial charge is 0.504 e. The van der Waals surface area contributed by atoms with Crippen molar-refractivity contribution in [2.75, 3.05) is 0 Å². The van der Waals surface area contributed by atoms with Gasteiger partial charge in [-0.1, -0.05) is 18.2 Å². The highest BCUT2D eigenvalue weighted by Gasteiger charge is 2.17. The van der Waals surface area contributed by atoms with E-state index in [-0.39, 0.29) is 22.6 Å². The molecule has 2 aromatic carbocycles. The summed E-state index contributed by atoms with van der Waals surface area (Å²) in [6.07, 6.45) is 0. The molecule has 3 rings (SSSR count). The molecule has 0 unspecified atom stereocenters. The van der Waals surface area contributed by atoms with Crippen LogP contribution < -0.4 is 5.63 Å². The van der Waals surface area contributed by atoms with Crippen LogP contribution in [0.5, 0.6) is 11.5 Å². The number of hydrogen-bond donors (Lipinski definition) is 2. The van der Waals surface area contributed by atoms with Gasteiger partial charge in [-0.15, -0.1) is 0 Å². The molecule has 0 bridgehead atoms. The summed E-state index contributed by atoms with van der Waals surface area (Å²) >= 11 is 0. The average molecular weight is 279 g/mol. The second-order valence-corrected chi connectivity index (χ2v) is 4.45. The van der Waals surface area contributed by atoms with Gasteiger partial charge in [-0.05, 0) is 29.8 Å². The Morgan fingerprint density at radius 3 is 2.52 bits per heavy atom. The highest BCUT2D eigenvalue weighted by Crippen LogP contribution is 2.32. The molecule has 0 fully saturated rings. The lowest BCUT2D eigenvalue weighted by molar-refractivity contribution is 0.404. The molecule has 0 aliphatic rings. The van der Waals surface area contributed by atoms with E-state index in [2.05, 4.69) is 0 Å². The number of nitrogens with zero attached hydrogens (tertiary/aromatic N) is 1. The summed E-state index contributed by atoms with van der Waals surface area (Å²) in [5.41, 5.74) is 0.195. The second-order valence-electron chi connectivity index (χ2n) is 4.45. The number of rotatable bonds is 1. The lowest BCUT2D eigenvalue weighted by Gasteiger charge is -2.07. The van der Waals surface area contributed by atoms with E-state index in [4.69, 9.17) is 4.42 Å². The van der Waals surface area contributed by atoms with Crippen molar-refractivity contribution in [3.63, 3.8) is 0 Å². The van der Waals surface area contributed by atoms with Gasteiger partial charge in [0.05, 0.1) is 11.1 Å². The van der Waals surface area contributed by atoms with Gasteiger partial charge in [0.25, 0.3) is 0 Å². The van der Waals surface area contributed by atoms with Crippen molar-refractivity contribution in [2.45, 2.75) is 0 Å². The van der Waals surface area contributed by atoms with Crippen LogP contribution in [0, 0.1) is 11.3 Å². The van der Waals surface area contributed by atoms with Gasteiger partial charge >= 0.3 is 5.63 Å². The summed E-state index contributed by atoms with van der Waals surface area (Å²) in [5.74, 6) is -0.675. The molecule has 0 spiro atoms. The first-order valence-corrected chi connectivity index (χ1v) is 6.10. The van der Waals surface area contributed by atoms with Gasteiger partial charge in [0.2, 0.25) is 0 Å². The molecule has 0 saturated carbocycles. The van der Waals surface area contributed by atoms with E-state index in [9.17, 15) is 20.3 Å². The minimum Gasteiger partial charge on any atom is -0.504 e. The highest BCUT2D eigenvalue weighted by atomic mass is 16.4. The van der Waals surface area contributed by atoms with E-state index < -0.39 is 5.63 Å². The van der Waals surface area contributed by atoms with Gasteiger partial charge in [-0.3, -0.25) is 0 Å². The summed E-state index contributed by atoms with van der Waals surface area (Å²) in [6, 6.07) is 12.7. The minimum absolute atomic E-state index is 0.0616. The SMILES string of the molecule is N#Cc1c(-c2ccc(O)c(O)c2)c(=O)oc2ccccc12. The van der Waals surface area contributed by atoms with Crippen LogP contribution in [-0.4, -0.2) is 10.2 Å². The van der Waals surface area contributed by atoms with Gasteiger partial charge in [0.1, 0.15) is 11.7 Å². The van der Waals surface area contributed by atoms with Crippen LogP contribution in [0.4, 0.5) is 0 Å². The molecule has 5 nitrogen and oxygen atoms in total. The monoisotopic (exact) mass is 279 g/mol. The van der Waals surface area contributed by atoms with Crippen molar-refractivity contribution < 1.29 is 14.6 Å². The zero-order chi connectivity index (χ0) is 15.0. The van der Waals surface area contributed by atoms with E-state index in [1.807, 2.05) is 6.07 Å². The molecule has 0 atom stereocenters. The Morgan fingerprint density at radius 1 is 1.05 bits per heavy atom.